The van der Waals surface area contributed by atoms with Crippen molar-refractivity contribution in [1.82, 2.24) is 0 Å². The highest BCUT2D eigenvalue weighted by atomic mass is 16.8. The maximum Gasteiger partial charge on any atom is 0.187 e. The van der Waals surface area contributed by atoms with Crippen molar-refractivity contribution in [3.8, 4) is 0 Å². The van der Waals surface area contributed by atoms with Gasteiger partial charge in [0.25, 0.3) is 0 Å². The number of hydrogen-bond acceptors (Lipinski definition) is 28. The summed E-state index contributed by atoms with van der Waals surface area (Å²) in [5.41, 5.74) is 0.286. The third-order valence-electron chi connectivity index (χ3n) is 25.7. The zero-order chi connectivity index (χ0) is 72.7. The lowest BCUT2D eigenvalue weighted by Crippen LogP contribution is -2.69. The molecule has 0 aromatic heterocycles. The van der Waals surface area contributed by atoms with Crippen LogP contribution >= 0.6 is 0 Å². The lowest BCUT2D eigenvalue weighted by Gasteiger charge is -2.61. The Balaban J connectivity index is 0.821. The summed E-state index contributed by atoms with van der Waals surface area (Å²) >= 11 is 0. The topological polar surface area (TPSA) is 258 Å². The summed E-state index contributed by atoms with van der Waals surface area (Å²) in [6.45, 7) is 11.0. The summed E-state index contributed by atoms with van der Waals surface area (Å²) in [4.78, 5) is 0. The van der Waals surface area contributed by atoms with Crippen LogP contribution in [0.5, 0.6) is 0 Å². The Morgan fingerprint density at radius 2 is 0.871 bits per heavy atom. The van der Waals surface area contributed by atoms with Gasteiger partial charge in [-0.25, -0.2) is 0 Å². The van der Waals surface area contributed by atoms with Gasteiger partial charge in [-0.15, -0.1) is 0 Å². The van der Waals surface area contributed by atoms with Crippen LogP contribution < -0.4 is 0 Å². The van der Waals surface area contributed by atoms with Crippen LogP contribution in [0.4, 0.5) is 0 Å². The molecule has 0 N–H and O–H groups in total. The molecule has 28 heteroatoms. The minimum Gasteiger partial charge on any atom is -0.382 e. The maximum absolute atomic E-state index is 7.34. The summed E-state index contributed by atoms with van der Waals surface area (Å²) in [5, 5.41) is 0. The van der Waals surface area contributed by atoms with Crippen LogP contribution in [0.25, 0.3) is 0 Å². The zero-order valence-corrected chi connectivity index (χ0v) is 64.3. The molecule has 28 nitrogen and oxygen atoms in total. The molecular weight excluding hydrogens is 1320 g/mol. The van der Waals surface area contributed by atoms with Crippen molar-refractivity contribution in [2.45, 2.75) is 257 Å². The van der Waals surface area contributed by atoms with E-state index in [2.05, 4.69) is 27.7 Å². The fourth-order valence-corrected chi connectivity index (χ4v) is 20.7. The summed E-state index contributed by atoms with van der Waals surface area (Å²) < 4.78 is 179. The molecule has 0 aromatic carbocycles. The van der Waals surface area contributed by atoms with Crippen LogP contribution in [0.1, 0.15) is 91.9 Å². The molecule has 0 unspecified atom stereocenters. The van der Waals surface area contributed by atoms with Gasteiger partial charge < -0.3 is 133 Å². The highest BCUT2D eigenvalue weighted by Gasteiger charge is 2.69. The Morgan fingerprint density at radius 3 is 1.40 bits per heavy atom. The van der Waals surface area contributed by atoms with E-state index < -0.39 is 141 Å². The van der Waals surface area contributed by atoms with Gasteiger partial charge in [0.1, 0.15) is 116 Å². The van der Waals surface area contributed by atoms with Crippen LogP contribution in [-0.2, 0) is 133 Å². The quantitative estimate of drug-likeness (QED) is 0.0697. The number of rotatable bonds is 35. The minimum atomic E-state index is -1.29. The van der Waals surface area contributed by atoms with Gasteiger partial charge in [-0.3, -0.25) is 0 Å². The van der Waals surface area contributed by atoms with E-state index >= 15 is 0 Å². The monoisotopic (exact) mass is 1450 g/mol. The van der Waals surface area contributed by atoms with Gasteiger partial charge in [-0.2, -0.15) is 0 Å². The van der Waals surface area contributed by atoms with Crippen molar-refractivity contribution in [2.75, 3.05) is 161 Å². The number of methoxy groups -OCH3 is 17. The molecule has 36 atom stereocenters. The maximum atomic E-state index is 7.34. The molecule has 588 valence electrons. The lowest BCUT2D eigenvalue weighted by atomic mass is 9.44. The highest BCUT2D eigenvalue weighted by Crippen LogP contribution is 2.71. The summed E-state index contributed by atoms with van der Waals surface area (Å²) in [5.74, 6) is 2.37. The molecule has 0 spiro atoms. The molecule has 0 amide bonds. The van der Waals surface area contributed by atoms with Crippen molar-refractivity contribution in [1.29, 1.82) is 0 Å². The summed E-state index contributed by atoms with van der Waals surface area (Å²) in [6.07, 6.45) is -8.19. The Labute approximate surface area is 600 Å². The number of ether oxygens (including phenoxy) is 28. The van der Waals surface area contributed by atoms with Crippen molar-refractivity contribution in [3.63, 3.8) is 0 Å². The van der Waals surface area contributed by atoms with Crippen molar-refractivity contribution in [2.24, 2.45) is 52.3 Å². The van der Waals surface area contributed by atoms with Gasteiger partial charge in [0, 0.05) is 133 Å². The van der Waals surface area contributed by atoms with Gasteiger partial charge >= 0.3 is 0 Å². The molecule has 6 saturated heterocycles. The van der Waals surface area contributed by atoms with Crippen LogP contribution in [0, 0.1) is 52.3 Å². The van der Waals surface area contributed by atoms with E-state index in [0.29, 0.717) is 42.8 Å². The average Bonchev–Trinajstić information content (AvgIpc) is 1.55. The molecule has 0 aromatic rings. The fraction of sp³-hybridized carbons (Fsp3) is 1.00. The first kappa shape index (κ1) is 82.4. The predicted octanol–water partition coefficient (Wildman–Crippen LogP) is 5.63. The van der Waals surface area contributed by atoms with Crippen LogP contribution in [0.3, 0.4) is 0 Å². The fourth-order valence-electron chi connectivity index (χ4n) is 20.7. The average molecular weight is 1450 g/mol. The molecule has 6 heterocycles. The molecule has 101 heavy (non-hydrogen) atoms. The van der Waals surface area contributed by atoms with Crippen molar-refractivity contribution >= 4 is 0 Å². The third-order valence-corrected chi connectivity index (χ3v) is 25.7. The Bertz CT molecular complexity index is 2450. The normalized spacial score (nSPS) is 48.1. The van der Waals surface area contributed by atoms with Gasteiger partial charge in [-0.1, -0.05) is 27.7 Å². The Morgan fingerprint density at radius 1 is 0.416 bits per heavy atom. The zero-order valence-electron chi connectivity index (χ0n) is 64.3. The van der Waals surface area contributed by atoms with Crippen LogP contribution in [-0.4, -0.2) is 326 Å². The van der Waals surface area contributed by atoms with Crippen molar-refractivity contribution < 1.29 is 133 Å². The van der Waals surface area contributed by atoms with Crippen LogP contribution in [0.15, 0.2) is 0 Å². The smallest absolute Gasteiger partial charge is 0.187 e. The first-order valence-electron chi connectivity index (χ1n) is 36.8. The second-order valence-corrected chi connectivity index (χ2v) is 30.4. The molecule has 10 aliphatic rings. The lowest BCUT2D eigenvalue weighted by molar-refractivity contribution is -0.408. The van der Waals surface area contributed by atoms with E-state index in [9.17, 15) is 0 Å². The van der Waals surface area contributed by atoms with Crippen molar-refractivity contribution in [3.05, 3.63) is 0 Å². The van der Waals surface area contributed by atoms with Crippen LogP contribution in [0.2, 0.25) is 0 Å². The van der Waals surface area contributed by atoms with E-state index in [0.717, 1.165) is 44.9 Å². The SMILES string of the molecule is COC[C@H]1O[C@@H](OC[C@@H](C)CC[C@@]2(OC)O[C@H]3C[C@H]4[C@@H]5CC[C@@H]6C[C@@H](O[C@@H]7O[C@H](COC)[C@@H](O[C@@H]8O[C@H](COC)[C@@H](OC)[C@H](O[C@@H]9OC[C@@H](OC)[C@H](OC)[C@H]9OC)[C@H]8O[C@@H]8O[C@H](COC)[C@@H](OC)[C@H](OC)[C@H]8OC)[C@H](OC)[C@H]7OC)CC[C@]6(C)[C@H]5CC[C@]4(C)[C@H]3[C@@H]2C)[C@H](OC)[C@@H](OC)[C@@H]1OC. The number of fused-ring (bicyclic) bond motifs is 7. The Kier molecular flexibility index (Phi) is 30.2. The van der Waals surface area contributed by atoms with Gasteiger partial charge in [0.05, 0.1) is 51.8 Å². The first-order chi connectivity index (χ1) is 48.8. The largest absolute Gasteiger partial charge is 0.382 e. The molecule has 4 saturated carbocycles. The minimum absolute atomic E-state index is 0.0624. The summed E-state index contributed by atoms with van der Waals surface area (Å²) in [7, 11) is 27.5. The third kappa shape index (κ3) is 16.4. The molecule has 4 aliphatic carbocycles. The van der Waals surface area contributed by atoms with E-state index in [1.165, 1.54) is 19.3 Å². The van der Waals surface area contributed by atoms with E-state index in [1.807, 2.05) is 7.11 Å². The standard InChI is InChI=1S/C73H128O28/c1-38(32-91-66-62(87-18)57(83-14)53(80-11)47(94-66)33-74-5)24-29-73(90-21)39(2)51-45(101-73)31-44-42-23-22-40-30-41(25-27-71(40,3)43(42)26-28-72(44,51)4)93-68-64(89-20)59(85-16)56(50(97-68)36-77-8)98-70-65(100-69-63(88-19)58(84-15)54(81-12)48(95-69)34-75-6)60(55(82-13)49(96-70)35-76-7)99-67-61(86-17)52(79-10)46(78-9)37-92-67/h38-70H,22-37H2,1-21H3/t38-,39-,40+,41-,42+,43-,44-,45-,46+,47+,48+,49+,50+,51-,52-,53+,54+,55+,56+,57-,58-,59-,60-,61+,62+,63+,64+,65+,66+,67-,68+,69-,70-,71-,72-,73+/m0/s1. The second kappa shape index (κ2) is 37.1. The molecule has 0 bridgehead atoms. The molecule has 10 fully saturated rings. The van der Waals surface area contributed by atoms with Gasteiger partial charge in [-0.05, 0) is 104 Å². The second-order valence-electron chi connectivity index (χ2n) is 30.4. The van der Waals surface area contributed by atoms with E-state index in [-0.39, 0.29) is 73.5 Å². The molecule has 0 radical (unpaired) electrons. The number of hydrogen-bond donors (Lipinski definition) is 0. The Hall–Kier alpha value is -1.12. The van der Waals surface area contributed by atoms with Gasteiger partial charge in [0.15, 0.2) is 37.2 Å². The predicted molar refractivity (Wildman–Crippen MR) is 360 cm³/mol. The van der Waals surface area contributed by atoms with E-state index in [1.54, 1.807) is 114 Å². The van der Waals surface area contributed by atoms with Gasteiger partial charge in [0.2, 0.25) is 0 Å². The molecule has 10 rings (SSSR count). The van der Waals surface area contributed by atoms with E-state index in [4.69, 9.17) is 133 Å². The first-order valence-corrected chi connectivity index (χ1v) is 36.8. The molecular formula is C73H128O28. The molecule has 6 aliphatic heterocycles. The highest BCUT2D eigenvalue weighted by molar-refractivity contribution is 5.16. The summed E-state index contributed by atoms with van der Waals surface area (Å²) in [6, 6.07) is 0.